The molecule has 5 nitrogen and oxygen atoms in total. The Morgan fingerprint density at radius 3 is 1.90 bits per heavy atom. The van der Waals surface area contributed by atoms with Gasteiger partial charge in [0.25, 0.3) is 0 Å². The molecule has 0 aliphatic rings. The minimum absolute atomic E-state index is 0.000453. The van der Waals surface area contributed by atoms with Gasteiger partial charge in [-0.15, -0.1) is 12.6 Å². The van der Waals surface area contributed by atoms with E-state index < -0.39 is 0 Å². The summed E-state index contributed by atoms with van der Waals surface area (Å²) in [6.07, 6.45) is 10.7. The van der Waals surface area contributed by atoms with Crippen molar-refractivity contribution in [1.29, 1.82) is 0 Å². The molecule has 0 bridgehead atoms. The molecule has 0 spiro atoms. The highest BCUT2D eigenvalue weighted by atomic mass is 16.5. The van der Waals surface area contributed by atoms with E-state index in [-0.39, 0.29) is 24.4 Å². The Balaban J connectivity index is 4.98. The van der Waals surface area contributed by atoms with Crippen LogP contribution >= 0.6 is 0 Å². The maximum Gasteiger partial charge on any atom is 0.0806 e. The number of methoxy groups -OCH3 is 4. The Morgan fingerprint density at radius 1 is 0.862 bits per heavy atom. The van der Waals surface area contributed by atoms with E-state index in [9.17, 15) is 0 Å². The molecule has 0 unspecified atom stereocenters. The Bertz CT molecular complexity index is 489. The van der Waals surface area contributed by atoms with Crippen LogP contribution in [0.4, 0.5) is 0 Å². The predicted octanol–water partition coefficient (Wildman–Crippen LogP) is 5.47. The van der Waals surface area contributed by atoms with Crippen LogP contribution < -0.4 is 0 Å². The highest BCUT2D eigenvalue weighted by Crippen LogP contribution is 2.22. The second-order valence-corrected chi connectivity index (χ2v) is 7.71. The molecule has 0 amide bonds. The lowest BCUT2D eigenvalue weighted by Crippen LogP contribution is -2.30. The molecule has 0 aromatic heterocycles. The molecule has 5 atom stereocenters. The molecule has 0 fully saturated rings. The fourth-order valence-electron chi connectivity index (χ4n) is 3.32. The van der Waals surface area contributed by atoms with E-state index in [1.54, 1.807) is 28.4 Å². The summed E-state index contributed by atoms with van der Waals surface area (Å²) in [5.74, 6) is 0. The van der Waals surface area contributed by atoms with Gasteiger partial charge >= 0.3 is 0 Å². The first-order chi connectivity index (χ1) is 13.8. The fraction of sp³-hybridized carbons (Fsp3) is 0.750. The van der Waals surface area contributed by atoms with Gasteiger partial charge in [-0.25, -0.2) is 0 Å². The van der Waals surface area contributed by atoms with E-state index in [4.69, 9.17) is 18.9 Å². The summed E-state index contributed by atoms with van der Waals surface area (Å²) >= 11 is 0. The van der Waals surface area contributed by atoms with Crippen LogP contribution in [0.15, 0.2) is 36.0 Å². The summed E-state index contributed by atoms with van der Waals surface area (Å²) in [5.41, 5.74) is 2.43. The highest BCUT2D eigenvalue weighted by Gasteiger charge is 2.23. The second-order valence-electron chi connectivity index (χ2n) is 7.71. The molecule has 0 aliphatic carbocycles. The Morgan fingerprint density at radius 2 is 1.41 bits per heavy atom. The zero-order valence-corrected chi connectivity index (χ0v) is 19.9. The van der Waals surface area contributed by atoms with Crippen LogP contribution in [0.5, 0.6) is 0 Å². The van der Waals surface area contributed by atoms with Gasteiger partial charge in [-0.1, -0.05) is 37.1 Å². The van der Waals surface area contributed by atoms with Crippen LogP contribution in [0.25, 0.3) is 5.32 Å². The van der Waals surface area contributed by atoms with Gasteiger partial charge in [-0.3, -0.25) is 0 Å². The number of nitrogens with zero attached hydrogens (tertiary/aromatic N) is 1. The molecule has 0 aliphatic heterocycles. The average Bonchev–Trinajstić information content (AvgIpc) is 2.73. The summed E-state index contributed by atoms with van der Waals surface area (Å²) in [7, 11) is 8.84. The van der Waals surface area contributed by atoms with Gasteiger partial charge in [0.15, 0.2) is 0 Å². The van der Waals surface area contributed by atoms with Gasteiger partial charge < -0.3 is 24.3 Å². The van der Waals surface area contributed by atoms with Crippen LogP contribution in [0, 0.1) is 0 Å². The molecule has 0 rings (SSSR count). The molecule has 0 N–H and O–H groups in total. The van der Waals surface area contributed by atoms with Crippen LogP contribution in [-0.4, -0.2) is 65.9 Å². The van der Waals surface area contributed by atoms with Crippen molar-refractivity contribution in [2.45, 2.75) is 83.3 Å². The predicted molar refractivity (Wildman–Crippen MR) is 123 cm³/mol. The zero-order valence-electron chi connectivity index (χ0n) is 19.9. The van der Waals surface area contributed by atoms with Crippen molar-refractivity contribution in [3.8, 4) is 0 Å². The zero-order chi connectivity index (χ0) is 22.2. The minimum Gasteiger partial charge on any atom is -0.662 e. The quantitative estimate of drug-likeness (QED) is 0.236. The van der Waals surface area contributed by atoms with E-state index in [1.165, 1.54) is 11.1 Å². The van der Waals surface area contributed by atoms with Crippen LogP contribution in [0.3, 0.4) is 0 Å². The van der Waals surface area contributed by atoms with Gasteiger partial charge in [-0.2, -0.15) is 7.05 Å². The first-order valence-corrected chi connectivity index (χ1v) is 10.5. The normalized spacial score (nSPS) is 18.2. The second kappa shape index (κ2) is 16.8. The number of ether oxygens (including phenoxy) is 4. The van der Waals surface area contributed by atoms with E-state index in [2.05, 4.69) is 44.8 Å². The van der Waals surface area contributed by atoms with Crippen molar-refractivity contribution in [3.05, 3.63) is 41.3 Å². The SMILES string of the molecule is C=CC[C@@H](C[C@@H](C[C@@H](C[C@H](OC)/C(C)=C/C(C)=C/C[C@H](C)[N-]C)OC)OC)OC. The largest absolute Gasteiger partial charge is 0.662 e. The average molecular weight is 411 g/mol. The van der Waals surface area contributed by atoms with Gasteiger partial charge in [0.05, 0.1) is 24.4 Å². The lowest BCUT2D eigenvalue weighted by molar-refractivity contribution is -0.0263. The molecule has 5 heteroatoms. The Hall–Kier alpha value is -0.980. The topological polar surface area (TPSA) is 51.0 Å². The van der Waals surface area contributed by atoms with Crippen LogP contribution in [-0.2, 0) is 18.9 Å². The van der Waals surface area contributed by atoms with E-state index in [0.29, 0.717) is 6.04 Å². The Kier molecular flexibility index (Phi) is 16.2. The molecular weight excluding hydrogens is 366 g/mol. The first kappa shape index (κ1) is 28.0. The maximum absolute atomic E-state index is 5.78. The third kappa shape index (κ3) is 12.3. The highest BCUT2D eigenvalue weighted by molar-refractivity contribution is 5.23. The van der Waals surface area contributed by atoms with E-state index in [1.807, 2.05) is 13.1 Å². The van der Waals surface area contributed by atoms with Gasteiger partial charge in [-0.05, 0) is 32.3 Å². The smallest absolute Gasteiger partial charge is 0.0806 e. The number of hydrogen-bond donors (Lipinski definition) is 0. The monoisotopic (exact) mass is 410 g/mol. The number of allylic oxidation sites excluding steroid dienone is 2. The maximum atomic E-state index is 5.78. The Labute approximate surface area is 179 Å². The van der Waals surface area contributed by atoms with Crippen molar-refractivity contribution < 1.29 is 18.9 Å². The number of rotatable bonds is 17. The molecule has 0 saturated heterocycles. The van der Waals surface area contributed by atoms with Crippen molar-refractivity contribution in [3.63, 3.8) is 0 Å². The third-order valence-corrected chi connectivity index (χ3v) is 5.43. The van der Waals surface area contributed by atoms with E-state index >= 15 is 0 Å². The number of hydrogen-bond acceptors (Lipinski definition) is 4. The molecule has 0 aromatic carbocycles. The van der Waals surface area contributed by atoms with Crippen molar-refractivity contribution in [1.82, 2.24) is 0 Å². The minimum atomic E-state index is 0.000453. The van der Waals surface area contributed by atoms with Gasteiger partial charge in [0.2, 0.25) is 0 Å². The van der Waals surface area contributed by atoms with Gasteiger partial charge in [0.1, 0.15) is 0 Å². The van der Waals surface area contributed by atoms with E-state index in [0.717, 1.165) is 32.1 Å². The molecule has 170 valence electrons. The fourth-order valence-corrected chi connectivity index (χ4v) is 3.32. The molecule has 0 aromatic rings. The summed E-state index contributed by atoms with van der Waals surface area (Å²) in [6.45, 7) is 10.2. The summed E-state index contributed by atoms with van der Waals surface area (Å²) < 4.78 is 22.8. The van der Waals surface area contributed by atoms with Crippen molar-refractivity contribution in [2.24, 2.45) is 0 Å². The van der Waals surface area contributed by atoms with Crippen molar-refractivity contribution >= 4 is 0 Å². The van der Waals surface area contributed by atoms with Crippen molar-refractivity contribution in [2.75, 3.05) is 35.5 Å². The first-order valence-electron chi connectivity index (χ1n) is 10.5. The molecule has 0 heterocycles. The standard InChI is InChI=1S/C24H44NO4/c1-10-11-21(26-6)15-22(27-7)16-23(28-8)17-24(29-9)19(3)14-18(2)12-13-20(4)25-5/h10,12,14,20-24H,1,11,13,15-17H2,2-9H3/q-1/b18-12+,19-14+/t20-,21-,22-,23-,24-/m0/s1. The molecule has 0 radical (unpaired) electrons. The molecular formula is C24H44NO4-. The third-order valence-electron chi connectivity index (χ3n) is 5.43. The van der Waals surface area contributed by atoms with Crippen LogP contribution in [0.1, 0.15) is 52.9 Å². The lowest BCUT2D eigenvalue weighted by Gasteiger charge is -2.27. The summed E-state index contributed by atoms with van der Waals surface area (Å²) in [4.78, 5) is 0. The van der Waals surface area contributed by atoms with Gasteiger partial charge in [0, 0.05) is 41.3 Å². The van der Waals surface area contributed by atoms with Crippen LogP contribution in [0.2, 0.25) is 0 Å². The lowest BCUT2D eigenvalue weighted by atomic mass is 9.96. The summed E-state index contributed by atoms with van der Waals surface area (Å²) in [6, 6.07) is 0.345. The molecule has 0 saturated carbocycles. The molecule has 29 heavy (non-hydrogen) atoms. The summed E-state index contributed by atoms with van der Waals surface area (Å²) in [5, 5.41) is 4.28.